The lowest BCUT2D eigenvalue weighted by molar-refractivity contribution is -0.119. The Balaban J connectivity index is 1.71. The molecule has 2 aliphatic rings. The SMILES string of the molecule is CCN(CC)CC1(c2ccc(N3CCC(N(SI)S(O)=S)C3=O)cc2)CC1. The molecular formula is C18H26IN3O2S3. The van der Waals surface area contributed by atoms with Gasteiger partial charge in [-0.25, -0.2) is 0 Å². The molecule has 1 aliphatic carbocycles. The van der Waals surface area contributed by atoms with Gasteiger partial charge in [0.1, 0.15) is 6.04 Å². The highest BCUT2D eigenvalue weighted by Gasteiger charge is 2.45. The van der Waals surface area contributed by atoms with Crippen LogP contribution in [-0.4, -0.2) is 51.3 Å². The van der Waals surface area contributed by atoms with Crippen LogP contribution in [0, 0.1) is 0 Å². The van der Waals surface area contributed by atoms with Gasteiger partial charge >= 0.3 is 0 Å². The Morgan fingerprint density at radius 1 is 1.33 bits per heavy atom. The normalized spacial score (nSPS) is 22.7. The summed E-state index contributed by atoms with van der Waals surface area (Å²) in [6, 6.07) is 8.19. The van der Waals surface area contributed by atoms with Crippen molar-refractivity contribution < 1.29 is 9.35 Å². The van der Waals surface area contributed by atoms with Crippen molar-refractivity contribution in [1.29, 1.82) is 0 Å². The maximum atomic E-state index is 12.8. The zero-order chi connectivity index (χ0) is 19.6. The molecule has 0 radical (unpaired) electrons. The minimum Gasteiger partial charge on any atom is -0.315 e. The van der Waals surface area contributed by atoms with Crippen molar-refractivity contribution in [2.24, 2.45) is 0 Å². The highest BCUT2D eigenvalue weighted by atomic mass is 127. The second-order valence-corrected chi connectivity index (χ2v) is 10.9. The summed E-state index contributed by atoms with van der Waals surface area (Å²) in [5, 5.41) is 0. The van der Waals surface area contributed by atoms with E-state index in [9.17, 15) is 9.35 Å². The van der Waals surface area contributed by atoms with Gasteiger partial charge in [-0.05, 0) is 61.2 Å². The molecule has 27 heavy (non-hydrogen) atoms. The van der Waals surface area contributed by atoms with E-state index >= 15 is 0 Å². The highest BCUT2D eigenvalue weighted by molar-refractivity contribution is 14.2. The van der Waals surface area contributed by atoms with Crippen LogP contribution < -0.4 is 4.90 Å². The van der Waals surface area contributed by atoms with Crippen molar-refractivity contribution in [3.05, 3.63) is 29.8 Å². The highest BCUT2D eigenvalue weighted by Crippen LogP contribution is 2.49. The number of carbonyl (C=O) groups excluding carboxylic acids is 1. The molecule has 1 aromatic rings. The van der Waals surface area contributed by atoms with Gasteiger partial charge in [-0.15, -0.1) is 3.71 Å². The summed E-state index contributed by atoms with van der Waals surface area (Å²) in [5.74, 6) is 0.0209. The van der Waals surface area contributed by atoms with E-state index in [2.05, 4.69) is 64.2 Å². The average Bonchev–Trinajstić information content (AvgIpc) is 3.37. The fraction of sp³-hybridized carbons (Fsp3) is 0.611. The van der Waals surface area contributed by atoms with Crippen molar-refractivity contribution in [2.45, 2.75) is 44.6 Å². The van der Waals surface area contributed by atoms with Crippen LogP contribution in [0.25, 0.3) is 0 Å². The molecule has 2 fully saturated rings. The molecule has 1 aliphatic heterocycles. The van der Waals surface area contributed by atoms with Crippen molar-refractivity contribution in [3.8, 4) is 0 Å². The smallest absolute Gasteiger partial charge is 0.246 e. The van der Waals surface area contributed by atoms with Gasteiger partial charge in [0.15, 0.2) is 0 Å². The number of hydrogen-bond acceptors (Lipinski definition) is 4. The van der Waals surface area contributed by atoms with Crippen LogP contribution in [0.4, 0.5) is 5.69 Å². The first-order chi connectivity index (χ1) is 13.0. The first-order valence-corrected chi connectivity index (χ1v) is 14.7. The quantitative estimate of drug-likeness (QED) is 0.379. The fourth-order valence-corrected chi connectivity index (χ4v) is 8.52. The van der Waals surface area contributed by atoms with Gasteiger partial charge in [-0.2, -0.15) is 0 Å². The Labute approximate surface area is 185 Å². The Morgan fingerprint density at radius 3 is 2.44 bits per heavy atom. The van der Waals surface area contributed by atoms with E-state index in [1.807, 2.05) is 4.90 Å². The van der Waals surface area contributed by atoms with Crippen LogP contribution in [0.2, 0.25) is 0 Å². The summed E-state index contributed by atoms with van der Waals surface area (Å²) in [6.45, 7) is 8.38. The molecular weight excluding hydrogens is 513 g/mol. The van der Waals surface area contributed by atoms with Crippen LogP contribution >= 0.6 is 30.3 Å². The second-order valence-electron chi connectivity index (χ2n) is 7.17. The van der Waals surface area contributed by atoms with Crippen LogP contribution in [0.15, 0.2) is 24.3 Å². The molecule has 1 aromatic carbocycles. The maximum Gasteiger partial charge on any atom is 0.246 e. The predicted molar refractivity (Wildman–Crippen MR) is 127 cm³/mol. The van der Waals surface area contributed by atoms with E-state index in [0.717, 1.165) is 25.3 Å². The molecule has 0 bridgehead atoms. The van der Waals surface area contributed by atoms with Gasteiger partial charge in [0.25, 0.3) is 0 Å². The summed E-state index contributed by atoms with van der Waals surface area (Å²) >= 11 is 7.04. The molecule has 2 atom stereocenters. The summed E-state index contributed by atoms with van der Waals surface area (Å²) in [7, 11) is -0.0207. The summed E-state index contributed by atoms with van der Waals surface area (Å²) in [6.07, 6.45) is 3.17. The van der Waals surface area contributed by atoms with Crippen LogP contribution in [-0.2, 0) is 31.3 Å². The maximum absolute atomic E-state index is 12.8. The van der Waals surface area contributed by atoms with Crippen LogP contribution in [0.5, 0.6) is 0 Å². The summed E-state index contributed by atoms with van der Waals surface area (Å²) in [5.41, 5.74) is 2.61. The molecule has 0 spiro atoms. The van der Waals surface area contributed by atoms with Crippen LogP contribution in [0.3, 0.4) is 0 Å². The van der Waals surface area contributed by atoms with E-state index < -0.39 is 9.92 Å². The number of amides is 1. The number of halogens is 1. The molecule has 0 aromatic heterocycles. The van der Waals surface area contributed by atoms with E-state index in [1.165, 1.54) is 27.5 Å². The van der Waals surface area contributed by atoms with E-state index in [1.54, 1.807) is 3.71 Å². The first kappa shape index (κ1) is 21.9. The van der Waals surface area contributed by atoms with Gasteiger partial charge in [0, 0.05) is 54.5 Å². The van der Waals surface area contributed by atoms with Gasteiger partial charge < -0.3 is 14.4 Å². The topological polar surface area (TPSA) is 47.0 Å². The average molecular weight is 540 g/mol. The van der Waals surface area contributed by atoms with Crippen molar-refractivity contribution >= 4 is 63.0 Å². The molecule has 1 heterocycles. The molecule has 1 amide bonds. The lowest BCUT2D eigenvalue weighted by Crippen LogP contribution is -2.38. The van der Waals surface area contributed by atoms with E-state index in [-0.39, 0.29) is 11.9 Å². The number of benzene rings is 1. The molecule has 1 N–H and O–H groups in total. The molecule has 1 saturated carbocycles. The number of hydrogen-bond donors (Lipinski definition) is 1. The molecule has 3 rings (SSSR count). The summed E-state index contributed by atoms with van der Waals surface area (Å²) in [4.78, 5) is 17.1. The third-order valence-electron chi connectivity index (χ3n) is 5.72. The zero-order valence-corrected chi connectivity index (χ0v) is 20.2. The van der Waals surface area contributed by atoms with Gasteiger partial charge in [-0.3, -0.25) is 4.79 Å². The zero-order valence-electron chi connectivity index (χ0n) is 15.6. The predicted octanol–water partition coefficient (Wildman–Crippen LogP) is 3.93. The Kier molecular flexibility index (Phi) is 7.59. The summed E-state index contributed by atoms with van der Waals surface area (Å²) < 4.78 is 11.4. The standard InChI is InChI=1S/C18H26IN3O2S3/c1-3-20(4-2)13-18(10-11-18)14-5-7-15(8-6-14)21-12-9-16(17(21)23)22(26-19)27(24)25/h5-8,16H,3-4,9-13H2,1-2H3,(H,24,25). The van der Waals surface area contributed by atoms with Gasteiger partial charge in [-0.1, -0.05) is 26.0 Å². The molecule has 9 heteroatoms. The Hall–Kier alpha value is 0.220. The van der Waals surface area contributed by atoms with Crippen molar-refractivity contribution in [3.63, 3.8) is 0 Å². The fourth-order valence-electron chi connectivity index (χ4n) is 3.86. The first-order valence-electron chi connectivity index (χ1n) is 9.29. The second kappa shape index (κ2) is 9.36. The molecule has 1 saturated heterocycles. The van der Waals surface area contributed by atoms with E-state index in [0.29, 0.717) is 18.4 Å². The van der Waals surface area contributed by atoms with Crippen molar-refractivity contribution in [2.75, 3.05) is 31.1 Å². The molecule has 5 nitrogen and oxygen atoms in total. The Bertz CT molecular complexity index is 696. The Morgan fingerprint density at radius 2 is 1.96 bits per heavy atom. The lowest BCUT2D eigenvalue weighted by Gasteiger charge is -2.26. The minimum absolute atomic E-state index is 0.0209. The third-order valence-corrected chi connectivity index (χ3v) is 10.2. The molecule has 2 unspecified atom stereocenters. The number of nitrogens with zero attached hydrogens (tertiary/aromatic N) is 3. The van der Waals surface area contributed by atoms with Crippen molar-refractivity contribution in [1.82, 2.24) is 8.61 Å². The largest absolute Gasteiger partial charge is 0.315 e. The van der Waals surface area contributed by atoms with Gasteiger partial charge in [0.05, 0.1) is 9.92 Å². The number of carbonyl (C=O) groups is 1. The monoisotopic (exact) mass is 539 g/mol. The number of likely N-dealkylation sites (N-methyl/N-ethyl adjacent to an activating group) is 1. The third kappa shape index (κ3) is 4.70. The van der Waals surface area contributed by atoms with Gasteiger partial charge in [0.2, 0.25) is 5.91 Å². The minimum atomic E-state index is -1.33. The number of anilines is 1. The lowest BCUT2D eigenvalue weighted by atomic mass is 9.95. The van der Waals surface area contributed by atoms with Crippen LogP contribution in [0.1, 0.15) is 38.7 Å². The molecule has 150 valence electrons. The van der Waals surface area contributed by atoms with E-state index in [4.69, 9.17) is 11.2 Å². The number of rotatable bonds is 9.